The first-order chi connectivity index (χ1) is 22.6. The number of nitrogens with zero attached hydrogens (tertiary/aromatic N) is 8. The summed E-state index contributed by atoms with van der Waals surface area (Å²) in [7, 11) is 0. The molecule has 2 aliphatic heterocycles. The van der Waals surface area contributed by atoms with Crippen molar-refractivity contribution in [3.05, 3.63) is 76.4 Å². The summed E-state index contributed by atoms with van der Waals surface area (Å²) in [6.45, 7) is 2.99. The summed E-state index contributed by atoms with van der Waals surface area (Å²) >= 11 is 5.83. The van der Waals surface area contributed by atoms with Crippen LogP contribution in [0.4, 0.5) is 22.0 Å². The Labute approximate surface area is 269 Å². The summed E-state index contributed by atoms with van der Waals surface area (Å²) in [6, 6.07) is 5.88. The number of imidazole rings is 1. The second-order valence-electron chi connectivity index (χ2n) is 11.4. The van der Waals surface area contributed by atoms with E-state index in [1.165, 1.54) is 12.1 Å². The Morgan fingerprint density at radius 3 is 2.51 bits per heavy atom. The van der Waals surface area contributed by atoms with Gasteiger partial charge in [0.2, 0.25) is 11.6 Å². The Kier molecular flexibility index (Phi) is 8.48. The number of pyridine rings is 1. The summed E-state index contributed by atoms with van der Waals surface area (Å²) < 4.78 is 81.6. The zero-order valence-electron chi connectivity index (χ0n) is 24.6. The third kappa shape index (κ3) is 6.89. The minimum absolute atomic E-state index is 0.0254. The van der Waals surface area contributed by atoms with E-state index in [9.17, 15) is 22.0 Å². The number of aromatic nitrogens is 8. The average molecular weight is 676 g/mol. The third-order valence-electron chi connectivity index (χ3n) is 8.19. The minimum atomic E-state index is -4.66. The van der Waals surface area contributed by atoms with Crippen molar-refractivity contribution in [1.82, 2.24) is 44.6 Å². The third-order valence-corrected chi connectivity index (χ3v) is 8.43. The number of hydrogen-bond acceptors (Lipinski definition) is 9. The molecule has 47 heavy (non-hydrogen) atoms. The lowest BCUT2D eigenvalue weighted by molar-refractivity contribution is -0.144. The quantitative estimate of drug-likeness (QED) is 0.205. The van der Waals surface area contributed by atoms with Crippen LogP contribution in [0.2, 0.25) is 5.02 Å². The van der Waals surface area contributed by atoms with E-state index in [4.69, 9.17) is 26.1 Å². The van der Waals surface area contributed by atoms with E-state index < -0.39 is 23.6 Å². The molecule has 0 bridgehead atoms. The van der Waals surface area contributed by atoms with Crippen molar-refractivity contribution in [3.63, 3.8) is 0 Å². The molecule has 2 fully saturated rings. The molecule has 0 spiro atoms. The van der Waals surface area contributed by atoms with E-state index >= 15 is 0 Å². The van der Waals surface area contributed by atoms with Crippen molar-refractivity contribution in [1.29, 1.82) is 0 Å². The molecule has 1 atom stereocenters. The van der Waals surface area contributed by atoms with Gasteiger partial charge in [-0.3, -0.25) is 9.88 Å². The number of ether oxygens (including phenoxy) is 2. The van der Waals surface area contributed by atoms with Crippen LogP contribution in [-0.2, 0) is 30.4 Å². The van der Waals surface area contributed by atoms with Crippen LogP contribution in [0, 0.1) is 11.6 Å². The Morgan fingerprint density at radius 1 is 1.00 bits per heavy atom. The first-order valence-corrected chi connectivity index (χ1v) is 15.3. The summed E-state index contributed by atoms with van der Waals surface area (Å²) in [4.78, 5) is 21.7. The molecule has 2 aliphatic rings. The van der Waals surface area contributed by atoms with E-state index in [1.807, 2.05) is 4.57 Å². The maximum absolute atomic E-state index is 14.6. The molecule has 2 saturated heterocycles. The molecule has 0 amide bonds. The number of alkyl halides is 3. The number of benzene rings is 1. The van der Waals surface area contributed by atoms with E-state index in [-0.39, 0.29) is 46.9 Å². The number of fused-ring (bicyclic) bond motifs is 1. The van der Waals surface area contributed by atoms with Crippen molar-refractivity contribution >= 4 is 22.6 Å². The van der Waals surface area contributed by atoms with Gasteiger partial charge in [-0.2, -0.15) is 22.5 Å². The lowest BCUT2D eigenvalue weighted by atomic mass is 10.1. The minimum Gasteiger partial charge on any atom is -0.472 e. The molecule has 1 N–H and O–H groups in total. The van der Waals surface area contributed by atoms with Crippen LogP contribution in [-0.4, -0.2) is 76.5 Å². The summed E-state index contributed by atoms with van der Waals surface area (Å²) in [5.41, 5.74) is 1.80. The van der Waals surface area contributed by atoms with Gasteiger partial charge in [-0.05, 0) is 43.0 Å². The molecule has 0 aliphatic carbocycles. The van der Waals surface area contributed by atoms with Crippen LogP contribution in [0.5, 0.6) is 5.88 Å². The fourth-order valence-electron chi connectivity index (χ4n) is 5.60. The zero-order chi connectivity index (χ0) is 32.7. The van der Waals surface area contributed by atoms with Crippen molar-refractivity contribution in [2.24, 2.45) is 0 Å². The fraction of sp³-hybridized carbons (Fsp3) is 0.400. The SMILES string of the molecule is Fc1cc(Cl)ccc1Cc1ncc(F)c(OC2CCN(Cc3nc4cc(-c5nnc(C(F)(F)F)[nH]5)ncc4n3CC3CCO3)CC2)n1. The number of aromatic amines is 1. The number of piperidine rings is 1. The monoisotopic (exact) mass is 675 g/mol. The Bertz CT molecular complexity index is 1900. The molecule has 17 heteroatoms. The predicted octanol–water partition coefficient (Wildman–Crippen LogP) is 5.38. The van der Waals surface area contributed by atoms with Gasteiger partial charge in [-0.25, -0.2) is 14.4 Å². The molecule has 246 valence electrons. The van der Waals surface area contributed by atoms with Crippen molar-refractivity contribution in [2.45, 2.75) is 57.2 Å². The Hall–Kier alpha value is -4.28. The maximum atomic E-state index is 14.6. The molecule has 6 heterocycles. The lowest BCUT2D eigenvalue weighted by Crippen LogP contribution is -2.39. The summed E-state index contributed by atoms with van der Waals surface area (Å²) in [5.74, 6) is -1.72. The van der Waals surface area contributed by atoms with E-state index in [1.54, 1.807) is 18.3 Å². The number of rotatable bonds is 9. The maximum Gasteiger partial charge on any atom is 0.451 e. The highest BCUT2D eigenvalue weighted by Gasteiger charge is 2.35. The molecule has 4 aromatic heterocycles. The second-order valence-corrected chi connectivity index (χ2v) is 11.9. The summed E-state index contributed by atoms with van der Waals surface area (Å²) in [6.07, 6.45) is -0.196. The molecule has 5 aromatic rings. The van der Waals surface area contributed by atoms with Crippen LogP contribution in [0.3, 0.4) is 0 Å². The second kappa shape index (κ2) is 12.7. The highest BCUT2D eigenvalue weighted by molar-refractivity contribution is 6.30. The Balaban J connectivity index is 1.03. The number of halogens is 6. The largest absolute Gasteiger partial charge is 0.472 e. The van der Waals surface area contributed by atoms with Gasteiger partial charge in [0.15, 0.2) is 5.82 Å². The van der Waals surface area contributed by atoms with Crippen LogP contribution < -0.4 is 4.74 Å². The summed E-state index contributed by atoms with van der Waals surface area (Å²) in [5, 5.41) is 7.07. The number of hydrogen-bond donors (Lipinski definition) is 1. The highest BCUT2D eigenvalue weighted by atomic mass is 35.5. The molecule has 1 unspecified atom stereocenters. The molecule has 11 nitrogen and oxygen atoms in total. The number of likely N-dealkylation sites (tertiary alicyclic amines) is 1. The first-order valence-electron chi connectivity index (χ1n) is 14.9. The molecular weight excluding hydrogens is 649 g/mol. The highest BCUT2D eigenvalue weighted by Crippen LogP contribution is 2.29. The van der Waals surface area contributed by atoms with E-state index in [2.05, 4.69) is 35.0 Å². The molecule has 0 radical (unpaired) electrons. The molecular formula is C30H27ClF5N9O2. The van der Waals surface area contributed by atoms with Gasteiger partial charge in [0.1, 0.15) is 29.3 Å². The number of nitrogens with one attached hydrogen (secondary N) is 1. The Morgan fingerprint density at radius 2 is 1.81 bits per heavy atom. The van der Waals surface area contributed by atoms with Gasteiger partial charge in [-0.15, -0.1) is 10.2 Å². The zero-order valence-corrected chi connectivity index (χ0v) is 25.4. The molecule has 7 rings (SSSR count). The normalized spacial score (nSPS) is 17.7. The van der Waals surface area contributed by atoms with Crippen molar-refractivity contribution < 1.29 is 31.4 Å². The van der Waals surface area contributed by atoms with Gasteiger partial charge in [0.25, 0.3) is 5.88 Å². The van der Waals surface area contributed by atoms with Crippen LogP contribution >= 0.6 is 11.6 Å². The van der Waals surface area contributed by atoms with Gasteiger partial charge in [0, 0.05) is 31.1 Å². The first kappa shape index (κ1) is 31.3. The molecule has 0 saturated carbocycles. The lowest BCUT2D eigenvalue weighted by Gasteiger charge is -2.32. The van der Waals surface area contributed by atoms with Gasteiger partial charge in [-0.1, -0.05) is 17.7 Å². The predicted molar refractivity (Wildman–Crippen MR) is 157 cm³/mol. The average Bonchev–Trinajstić information content (AvgIpc) is 3.64. The van der Waals surface area contributed by atoms with Gasteiger partial charge < -0.3 is 19.0 Å². The topological polar surface area (TPSA) is 120 Å². The van der Waals surface area contributed by atoms with Crippen molar-refractivity contribution in [2.75, 3.05) is 19.7 Å². The van der Waals surface area contributed by atoms with Crippen LogP contribution in [0.15, 0.2) is 36.7 Å². The molecule has 1 aromatic carbocycles. The fourth-order valence-corrected chi connectivity index (χ4v) is 5.76. The van der Waals surface area contributed by atoms with Crippen LogP contribution in [0.1, 0.15) is 42.3 Å². The number of H-pyrrole nitrogens is 1. The standard InChI is InChI=1S/C30H27ClF5N9O2/c31-17-2-1-16(20(32)10-17)9-25-38-12-21(33)28(40-25)47-18-3-6-44(7-4-18)15-26-39-22-11-23(27-41-29(43-42-27)30(34,35)36)37-13-24(22)45(26)14-19-5-8-46-19/h1-2,10-13,18-19H,3-9,14-15H2,(H,41,42,43). The van der Waals surface area contributed by atoms with Gasteiger partial charge in [0.05, 0.1) is 42.6 Å². The van der Waals surface area contributed by atoms with Gasteiger partial charge >= 0.3 is 6.18 Å². The van der Waals surface area contributed by atoms with Crippen molar-refractivity contribution in [3.8, 4) is 17.4 Å². The van der Waals surface area contributed by atoms with E-state index in [0.717, 1.165) is 24.0 Å². The smallest absolute Gasteiger partial charge is 0.451 e. The van der Waals surface area contributed by atoms with E-state index in [0.29, 0.717) is 56.7 Å². The van der Waals surface area contributed by atoms with Crippen LogP contribution in [0.25, 0.3) is 22.6 Å².